The van der Waals surface area contributed by atoms with Crippen LogP contribution >= 0.6 is 11.8 Å². The van der Waals surface area contributed by atoms with E-state index in [1.54, 1.807) is 7.11 Å². The summed E-state index contributed by atoms with van der Waals surface area (Å²) in [6.45, 7) is 1.40. The van der Waals surface area contributed by atoms with Gasteiger partial charge < -0.3 is 14.6 Å². The van der Waals surface area contributed by atoms with Crippen LogP contribution in [0, 0.1) is 0 Å². The van der Waals surface area contributed by atoms with Gasteiger partial charge in [-0.2, -0.15) is 16.7 Å². The number of rotatable bonds is 3. The largest absolute Gasteiger partial charge is 0.377 e. The second-order valence-electron chi connectivity index (χ2n) is 3.06. The Morgan fingerprint density at radius 1 is 1.71 bits per heavy atom. The quantitative estimate of drug-likeness (QED) is 0.796. The van der Waals surface area contributed by atoms with E-state index in [4.69, 9.17) is 9.26 Å². The number of ether oxygens (including phenoxy) is 1. The highest BCUT2D eigenvalue weighted by Crippen LogP contribution is 2.20. The summed E-state index contributed by atoms with van der Waals surface area (Å²) >= 11 is 1.90. The van der Waals surface area contributed by atoms with E-state index in [0.29, 0.717) is 18.3 Å². The highest BCUT2D eigenvalue weighted by molar-refractivity contribution is 7.99. The molecule has 2 heterocycles. The van der Waals surface area contributed by atoms with Crippen LogP contribution in [0.5, 0.6) is 0 Å². The summed E-state index contributed by atoms with van der Waals surface area (Å²) in [5, 5.41) is 7.15. The van der Waals surface area contributed by atoms with Gasteiger partial charge in [0.1, 0.15) is 6.61 Å². The normalized spacial score (nSPS) is 22.5. The average molecular weight is 215 g/mol. The third-order valence-electron chi connectivity index (χ3n) is 1.98. The molecule has 1 N–H and O–H groups in total. The molecule has 1 unspecified atom stereocenters. The van der Waals surface area contributed by atoms with Crippen molar-refractivity contribution in [2.75, 3.05) is 25.2 Å². The summed E-state index contributed by atoms with van der Waals surface area (Å²) in [6, 6.07) is 0.201. The molecular formula is C8H13N3O2S. The van der Waals surface area contributed by atoms with Gasteiger partial charge in [-0.1, -0.05) is 5.16 Å². The van der Waals surface area contributed by atoms with Crippen molar-refractivity contribution >= 4 is 11.8 Å². The first-order valence-corrected chi connectivity index (χ1v) is 5.68. The van der Waals surface area contributed by atoms with Crippen molar-refractivity contribution in [2.24, 2.45) is 0 Å². The molecule has 1 saturated heterocycles. The summed E-state index contributed by atoms with van der Waals surface area (Å²) in [5.74, 6) is 3.42. The van der Waals surface area contributed by atoms with E-state index < -0.39 is 0 Å². The minimum absolute atomic E-state index is 0.201. The Morgan fingerprint density at radius 3 is 3.36 bits per heavy atom. The lowest BCUT2D eigenvalue weighted by molar-refractivity contribution is 0.174. The maximum atomic E-state index is 5.14. The molecule has 1 fully saturated rings. The zero-order valence-corrected chi connectivity index (χ0v) is 8.84. The van der Waals surface area contributed by atoms with Crippen LogP contribution in [-0.2, 0) is 11.3 Å². The van der Waals surface area contributed by atoms with Crippen LogP contribution in [-0.4, -0.2) is 35.3 Å². The zero-order valence-electron chi connectivity index (χ0n) is 8.02. The predicted octanol–water partition coefficient (Wildman–Crippen LogP) is 0.593. The number of nitrogens with zero attached hydrogens (tertiary/aromatic N) is 2. The van der Waals surface area contributed by atoms with E-state index in [1.807, 2.05) is 11.8 Å². The summed E-state index contributed by atoms with van der Waals surface area (Å²) < 4.78 is 10.1. The minimum atomic E-state index is 0.201. The van der Waals surface area contributed by atoms with Gasteiger partial charge in [-0.25, -0.2) is 0 Å². The molecule has 5 nitrogen and oxygen atoms in total. The van der Waals surface area contributed by atoms with Crippen LogP contribution in [0.1, 0.15) is 17.8 Å². The Kier molecular flexibility index (Phi) is 3.39. The first kappa shape index (κ1) is 9.95. The summed E-state index contributed by atoms with van der Waals surface area (Å²) in [4.78, 5) is 4.25. The molecule has 0 aromatic carbocycles. The van der Waals surface area contributed by atoms with Gasteiger partial charge in [-0.3, -0.25) is 0 Å². The van der Waals surface area contributed by atoms with Gasteiger partial charge in [0.25, 0.3) is 0 Å². The van der Waals surface area contributed by atoms with Crippen LogP contribution in [0.3, 0.4) is 0 Å². The van der Waals surface area contributed by atoms with Gasteiger partial charge in [0.2, 0.25) is 5.89 Å². The topological polar surface area (TPSA) is 60.2 Å². The third kappa shape index (κ3) is 2.26. The fourth-order valence-electron chi connectivity index (χ4n) is 1.32. The second-order valence-corrected chi connectivity index (χ2v) is 4.21. The fraction of sp³-hybridized carbons (Fsp3) is 0.750. The maximum absolute atomic E-state index is 5.14. The number of nitrogens with one attached hydrogen (secondary N) is 1. The van der Waals surface area contributed by atoms with Crippen LogP contribution < -0.4 is 5.32 Å². The molecular weight excluding hydrogens is 202 g/mol. The van der Waals surface area contributed by atoms with Crippen molar-refractivity contribution in [3.05, 3.63) is 11.7 Å². The van der Waals surface area contributed by atoms with Crippen molar-refractivity contribution in [3.8, 4) is 0 Å². The maximum Gasteiger partial charge on any atom is 0.244 e. The highest BCUT2D eigenvalue weighted by Gasteiger charge is 2.20. The first-order chi connectivity index (χ1) is 6.90. The summed E-state index contributed by atoms with van der Waals surface area (Å²) in [7, 11) is 1.62. The molecule has 14 heavy (non-hydrogen) atoms. The van der Waals surface area contributed by atoms with E-state index >= 15 is 0 Å². The van der Waals surface area contributed by atoms with E-state index in [-0.39, 0.29) is 6.04 Å². The molecule has 2 rings (SSSR count). The summed E-state index contributed by atoms with van der Waals surface area (Å²) in [6.07, 6.45) is 0. The Hall–Kier alpha value is -0.590. The molecule has 1 aliphatic rings. The molecule has 1 aromatic rings. The lowest BCUT2D eigenvalue weighted by atomic mass is 10.3. The monoisotopic (exact) mass is 215 g/mol. The van der Waals surface area contributed by atoms with Crippen molar-refractivity contribution < 1.29 is 9.26 Å². The van der Waals surface area contributed by atoms with Gasteiger partial charge in [-0.15, -0.1) is 0 Å². The Morgan fingerprint density at radius 2 is 2.64 bits per heavy atom. The lowest BCUT2D eigenvalue weighted by Gasteiger charge is -2.19. The van der Waals surface area contributed by atoms with Crippen molar-refractivity contribution in [1.29, 1.82) is 0 Å². The third-order valence-corrected chi connectivity index (χ3v) is 3.04. The zero-order chi connectivity index (χ0) is 9.80. The number of hydrogen-bond donors (Lipinski definition) is 1. The molecule has 0 spiro atoms. The van der Waals surface area contributed by atoms with Crippen LogP contribution in [0.2, 0.25) is 0 Å². The van der Waals surface area contributed by atoms with E-state index in [9.17, 15) is 0 Å². The molecule has 1 atom stereocenters. The van der Waals surface area contributed by atoms with Gasteiger partial charge in [0, 0.05) is 25.2 Å². The minimum Gasteiger partial charge on any atom is -0.377 e. The van der Waals surface area contributed by atoms with Crippen molar-refractivity contribution in [1.82, 2.24) is 15.5 Å². The number of hydrogen-bond acceptors (Lipinski definition) is 6. The molecule has 6 heteroatoms. The van der Waals surface area contributed by atoms with Gasteiger partial charge in [0.05, 0.1) is 6.04 Å². The Bertz CT molecular complexity index is 286. The lowest BCUT2D eigenvalue weighted by Crippen LogP contribution is -2.30. The standard InChI is InChI=1S/C8H13N3O2S/c1-12-4-7-10-8(13-11-7)6-5-14-3-2-9-6/h6,9H,2-5H2,1H3. The molecule has 1 aliphatic heterocycles. The molecule has 0 amide bonds. The van der Waals surface area contributed by atoms with Gasteiger partial charge in [0.15, 0.2) is 5.82 Å². The number of aromatic nitrogens is 2. The Labute approximate surface area is 86.6 Å². The SMILES string of the molecule is COCc1noc(C2CSCCN2)n1. The molecule has 0 aliphatic carbocycles. The molecule has 0 radical (unpaired) electrons. The van der Waals surface area contributed by atoms with Gasteiger partial charge >= 0.3 is 0 Å². The van der Waals surface area contributed by atoms with E-state index in [2.05, 4.69) is 15.5 Å². The predicted molar refractivity (Wildman–Crippen MR) is 53.1 cm³/mol. The number of thioether (sulfide) groups is 1. The molecule has 0 bridgehead atoms. The van der Waals surface area contributed by atoms with Crippen LogP contribution in [0.4, 0.5) is 0 Å². The van der Waals surface area contributed by atoms with Gasteiger partial charge in [-0.05, 0) is 0 Å². The number of methoxy groups -OCH3 is 1. The average Bonchev–Trinajstić information content (AvgIpc) is 2.68. The first-order valence-electron chi connectivity index (χ1n) is 4.52. The summed E-state index contributed by atoms with van der Waals surface area (Å²) in [5.41, 5.74) is 0. The highest BCUT2D eigenvalue weighted by atomic mass is 32.2. The smallest absolute Gasteiger partial charge is 0.244 e. The Balaban J connectivity index is 2.00. The van der Waals surface area contributed by atoms with E-state index in [1.165, 1.54) is 0 Å². The molecule has 78 valence electrons. The van der Waals surface area contributed by atoms with Crippen LogP contribution in [0.25, 0.3) is 0 Å². The van der Waals surface area contributed by atoms with Crippen LogP contribution in [0.15, 0.2) is 4.52 Å². The van der Waals surface area contributed by atoms with E-state index in [0.717, 1.165) is 18.1 Å². The fourth-order valence-corrected chi connectivity index (χ4v) is 2.25. The second kappa shape index (κ2) is 4.77. The van der Waals surface area contributed by atoms with Crippen molar-refractivity contribution in [2.45, 2.75) is 12.6 Å². The van der Waals surface area contributed by atoms with Crippen molar-refractivity contribution in [3.63, 3.8) is 0 Å². The molecule has 1 aromatic heterocycles. The molecule has 0 saturated carbocycles.